The third kappa shape index (κ3) is 6.05. The molecular formula is C45H32N2O. The van der Waals surface area contributed by atoms with Crippen molar-refractivity contribution >= 4 is 27.8 Å². The second-order valence-electron chi connectivity index (χ2n) is 11.7. The van der Waals surface area contributed by atoms with Crippen LogP contribution in [0.2, 0.25) is 0 Å². The van der Waals surface area contributed by atoms with E-state index in [0.717, 1.165) is 39.7 Å². The minimum Gasteiger partial charge on any atom is -0.457 e. The molecule has 0 unspecified atom stereocenters. The van der Waals surface area contributed by atoms with Crippen LogP contribution in [-0.4, -0.2) is 4.98 Å². The van der Waals surface area contributed by atoms with Gasteiger partial charge in [0.25, 0.3) is 0 Å². The molecule has 0 N–H and O–H groups in total. The van der Waals surface area contributed by atoms with Crippen molar-refractivity contribution in [1.82, 2.24) is 4.98 Å². The van der Waals surface area contributed by atoms with Crippen LogP contribution < -0.4 is 9.64 Å². The molecule has 1 heterocycles. The van der Waals surface area contributed by atoms with E-state index >= 15 is 0 Å². The van der Waals surface area contributed by atoms with Crippen molar-refractivity contribution in [2.75, 3.05) is 4.90 Å². The summed E-state index contributed by atoms with van der Waals surface area (Å²) < 4.78 is 6.11. The molecule has 0 aliphatic rings. The van der Waals surface area contributed by atoms with Gasteiger partial charge in [0.15, 0.2) is 0 Å². The zero-order valence-electron chi connectivity index (χ0n) is 26.3. The molecule has 8 rings (SSSR count). The first-order valence-electron chi connectivity index (χ1n) is 16.1. The van der Waals surface area contributed by atoms with Crippen LogP contribution in [0.4, 0.5) is 17.1 Å². The number of hydrogen-bond acceptors (Lipinski definition) is 3. The molecule has 0 amide bonds. The van der Waals surface area contributed by atoms with E-state index in [1.807, 2.05) is 67.0 Å². The topological polar surface area (TPSA) is 25.4 Å². The van der Waals surface area contributed by atoms with E-state index in [-0.39, 0.29) is 0 Å². The highest BCUT2D eigenvalue weighted by molar-refractivity contribution is 5.96. The fourth-order valence-corrected chi connectivity index (χ4v) is 6.21. The van der Waals surface area contributed by atoms with E-state index < -0.39 is 0 Å². The summed E-state index contributed by atoms with van der Waals surface area (Å²) >= 11 is 0. The molecule has 7 aromatic carbocycles. The first-order valence-corrected chi connectivity index (χ1v) is 16.1. The van der Waals surface area contributed by atoms with Gasteiger partial charge in [-0.2, -0.15) is 0 Å². The summed E-state index contributed by atoms with van der Waals surface area (Å²) in [5.74, 6) is 1.60. The van der Waals surface area contributed by atoms with E-state index in [0.29, 0.717) is 0 Å². The fraction of sp³-hybridized carbons (Fsp3) is 0. The number of pyridine rings is 1. The zero-order chi connectivity index (χ0) is 32.1. The van der Waals surface area contributed by atoms with E-state index in [1.165, 1.54) is 33.0 Å². The van der Waals surface area contributed by atoms with Crippen LogP contribution in [0, 0.1) is 0 Å². The number of hydrogen-bond donors (Lipinski definition) is 0. The molecular weight excluding hydrogens is 585 g/mol. The van der Waals surface area contributed by atoms with Gasteiger partial charge in [-0.05, 0) is 129 Å². The average molecular weight is 617 g/mol. The lowest BCUT2D eigenvalue weighted by Gasteiger charge is -2.26. The molecule has 3 nitrogen and oxygen atoms in total. The molecule has 1 aromatic heterocycles. The standard InChI is InChI=1S/C45H32N2O/c1-3-9-35(10-4-1)44-31-37-11-7-8-12-38(37)32-45(44)36-17-21-40(22-18-36)47(39-19-15-33(16-20-39)34-27-29-46-30-28-34)41-23-25-43(26-24-41)48-42-13-5-2-6-14-42/h1-32H. The summed E-state index contributed by atoms with van der Waals surface area (Å²) in [6.07, 6.45) is 3.66. The van der Waals surface area contributed by atoms with Crippen LogP contribution in [0.25, 0.3) is 44.2 Å². The van der Waals surface area contributed by atoms with Gasteiger partial charge in [0.05, 0.1) is 0 Å². The van der Waals surface area contributed by atoms with Crippen LogP contribution in [0.15, 0.2) is 194 Å². The Hall–Kier alpha value is -6.45. The second kappa shape index (κ2) is 13.1. The van der Waals surface area contributed by atoms with Gasteiger partial charge in [-0.3, -0.25) is 4.98 Å². The van der Waals surface area contributed by atoms with Crippen LogP contribution in [0.5, 0.6) is 11.5 Å². The smallest absolute Gasteiger partial charge is 0.127 e. The lowest BCUT2D eigenvalue weighted by atomic mass is 9.91. The number of para-hydroxylation sites is 1. The molecule has 228 valence electrons. The highest BCUT2D eigenvalue weighted by Crippen LogP contribution is 2.40. The van der Waals surface area contributed by atoms with Crippen molar-refractivity contribution in [3.8, 4) is 44.9 Å². The molecule has 0 aliphatic carbocycles. The predicted octanol–water partition coefficient (Wildman–Crippen LogP) is 12.5. The minimum atomic E-state index is 0.790. The number of aromatic nitrogens is 1. The number of fused-ring (bicyclic) bond motifs is 1. The predicted molar refractivity (Wildman–Crippen MR) is 199 cm³/mol. The number of anilines is 3. The van der Waals surface area contributed by atoms with Crippen molar-refractivity contribution in [3.05, 3.63) is 194 Å². The summed E-state index contributed by atoms with van der Waals surface area (Å²) in [4.78, 5) is 6.46. The van der Waals surface area contributed by atoms with Crippen LogP contribution in [-0.2, 0) is 0 Å². The van der Waals surface area contributed by atoms with Crippen molar-refractivity contribution < 1.29 is 4.74 Å². The van der Waals surface area contributed by atoms with Crippen molar-refractivity contribution in [2.24, 2.45) is 0 Å². The minimum absolute atomic E-state index is 0.790. The molecule has 0 aliphatic heterocycles. The third-order valence-corrected chi connectivity index (χ3v) is 8.62. The first-order chi connectivity index (χ1) is 23.8. The van der Waals surface area contributed by atoms with Crippen molar-refractivity contribution in [1.29, 1.82) is 0 Å². The second-order valence-corrected chi connectivity index (χ2v) is 11.7. The summed E-state index contributed by atoms with van der Waals surface area (Å²) in [6, 6.07) is 63.6. The molecule has 0 radical (unpaired) electrons. The maximum Gasteiger partial charge on any atom is 0.127 e. The Morgan fingerprint density at radius 3 is 1.33 bits per heavy atom. The van der Waals surface area contributed by atoms with Gasteiger partial charge >= 0.3 is 0 Å². The molecule has 0 saturated heterocycles. The maximum absolute atomic E-state index is 6.11. The quantitative estimate of drug-likeness (QED) is 0.170. The maximum atomic E-state index is 6.11. The first kappa shape index (κ1) is 29.0. The number of rotatable bonds is 8. The molecule has 0 spiro atoms. The molecule has 0 fully saturated rings. The third-order valence-electron chi connectivity index (χ3n) is 8.62. The van der Waals surface area contributed by atoms with E-state index in [4.69, 9.17) is 4.74 Å². The van der Waals surface area contributed by atoms with Gasteiger partial charge in [-0.1, -0.05) is 97.1 Å². The number of benzene rings is 7. The molecule has 0 saturated carbocycles. The summed E-state index contributed by atoms with van der Waals surface area (Å²) in [5.41, 5.74) is 10.3. The Labute approximate surface area is 281 Å². The van der Waals surface area contributed by atoms with E-state index in [9.17, 15) is 0 Å². The van der Waals surface area contributed by atoms with Crippen LogP contribution in [0.1, 0.15) is 0 Å². The van der Waals surface area contributed by atoms with Gasteiger partial charge in [0.2, 0.25) is 0 Å². The summed E-state index contributed by atoms with van der Waals surface area (Å²) in [5, 5.41) is 2.46. The molecule has 0 bridgehead atoms. The lowest BCUT2D eigenvalue weighted by Crippen LogP contribution is -2.09. The molecule has 3 heteroatoms. The number of ether oxygens (including phenoxy) is 1. The van der Waals surface area contributed by atoms with E-state index in [2.05, 4.69) is 137 Å². The largest absolute Gasteiger partial charge is 0.457 e. The van der Waals surface area contributed by atoms with E-state index in [1.54, 1.807) is 0 Å². The van der Waals surface area contributed by atoms with Gasteiger partial charge in [-0.15, -0.1) is 0 Å². The Morgan fingerprint density at radius 1 is 0.354 bits per heavy atom. The Bertz CT molecular complexity index is 2270. The monoisotopic (exact) mass is 616 g/mol. The SMILES string of the molecule is c1ccc(Oc2ccc(N(c3ccc(-c4ccncc4)cc3)c3ccc(-c4cc5ccccc5cc4-c4ccccc4)cc3)cc2)cc1. The highest BCUT2D eigenvalue weighted by Gasteiger charge is 2.15. The fourth-order valence-electron chi connectivity index (χ4n) is 6.21. The Kier molecular flexibility index (Phi) is 7.92. The van der Waals surface area contributed by atoms with Crippen molar-refractivity contribution in [3.63, 3.8) is 0 Å². The highest BCUT2D eigenvalue weighted by atomic mass is 16.5. The molecule has 8 aromatic rings. The van der Waals surface area contributed by atoms with Gasteiger partial charge < -0.3 is 9.64 Å². The number of nitrogens with zero attached hydrogens (tertiary/aromatic N) is 2. The van der Waals surface area contributed by atoms with Gasteiger partial charge in [-0.25, -0.2) is 0 Å². The lowest BCUT2D eigenvalue weighted by molar-refractivity contribution is 0.483. The summed E-state index contributed by atoms with van der Waals surface area (Å²) in [7, 11) is 0. The zero-order valence-corrected chi connectivity index (χ0v) is 26.3. The van der Waals surface area contributed by atoms with Crippen LogP contribution in [0.3, 0.4) is 0 Å². The van der Waals surface area contributed by atoms with Gasteiger partial charge in [0.1, 0.15) is 11.5 Å². The molecule has 0 atom stereocenters. The summed E-state index contributed by atoms with van der Waals surface area (Å²) in [6.45, 7) is 0. The average Bonchev–Trinajstić information content (AvgIpc) is 3.17. The molecule has 48 heavy (non-hydrogen) atoms. The Balaban J connectivity index is 1.18. The van der Waals surface area contributed by atoms with Crippen LogP contribution >= 0.6 is 0 Å². The van der Waals surface area contributed by atoms with Crippen molar-refractivity contribution in [2.45, 2.75) is 0 Å². The Morgan fingerprint density at radius 2 is 0.771 bits per heavy atom. The normalized spacial score (nSPS) is 10.9. The van der Waals surface area contributed by atoms with Gasteiger partial charge in [0, 0.05) is 29.5 Å².